The standard InChI is InChI=1S/C16H30N4O8/c1-4-7(2)11(15(26)20-12(8(3)23)16(27)28)19-14(25)10(6-22)18-13(24)9(17)5-21/h7-12,21-23H,4-6,17H2,1-3H3,(H,18,24)(H,19,25)(H,20,26)(H,27,28). The van der Waals surface area contributed by atoms with E-state index in [2.05, 4.69) is 16.0 Å². The molecule has 6 unspecified atom stereocenters. The van der Waals surface area contributed by atoms with Crippen LogP contribution in [0.5, 0.6) is 0 Å². The Labute approximate surface area is 162 Å². The lowest BCUT2D eigenvalue weighted by Gasteiger charge is -2.28. The van der Waals surface area contributed by atoms with Crippen LogP contribution >= 0.6 is 0 Å². The minimum Gasteiger partial charge on any atom is -0.480 e. The van der Waals surface area contributed by atoms with Gasteiger partial charge in [0.2, 0.25) is 17.7 Å². The van der Waals surface area contributed by atoms with Crippen LogP contribution < -0.4 is 21.7 Å². The minimum atomic E-state index is -1.58. The summed E-state index contributed by atoms with van der Waals surface area (Å²) in [5.41, 5.74) is 5.33. The maximum Gasteiger partial charge on any atom is 0.328 e. The number of amides is 3. The summed E-state index contributed by atoms with van der Waals surface area (Å²) in [4.78, 5) is 47.7. The molecular weight excluding hydrogens is 376 g/mol. The first-order chi connectivity index (χ1) is 13.0. The van der Waals surface area contributed by atoms with Gasteiger partial charge in [-0.25, -0.2) is 4.79 Å². The maximum atomic E-state index is 12.5. The molecule has 0 aromatic rings. The van der Waals surface area contributed by atoms with Crippen molar-refractivity contribution in [1.29, 1.82) is 0 Å². The van der Waals surface area contributed by atoms with E-state index in [9.17, 15) is 29.4 Å². The van der Waals surface area contributed by atoms with Gasteiger partial charge in [-0.05, 0) is 12.8 Å². The van der Waals surface area contributed by atoms with Crippen LogP contribution in [0, 0.1) is 5.92 Å². The Balaban J connectivity index is 5.30. The lowest BCUT2D eigenvalue weighted by molar-refractivity contribution is -0.145. The summed E-state index contributed by atoms with van der Waals surface area (Å²) in [6.45, 7) is 3.11. The number of carbonyl (C=O) groups is 4. The number of carboxylic acid groups (broad SMARTS) is 1. The second kappa shape index (κ2) is 12.2. The first kappa shape index (κ1) is 25.7. The van der Waals surface area contributed by atoms with Gasteiger partial charge in [-0.1, -0.05) is 20.3 Å². The van der Waals surface area contributed by atoms with E-state index in [0.29, 0.717) is 6.42 Å². The van der Waals surface area contributed by atoms with Gasteiger partial charge in [0.15, 0.2) is 6.04 Å². The zero-order valence-electron chi connectivity index (χ0n) is 16.1. The van der Waals surface area contributed by atoms with Crippen molar-refractivity contribution in [3.05, 3.63) is 0 Å². The maximum absolute atomic E-state index is 12.5. The van der Waals surface area contributed by atoms with E-state index < -0.39 is 73.1 Å². The molecule has 0 saturated heterocycles. The van der Waals surface area contributed by atoms with Crippen molar-refractivity contribution in [1.82, 2.24) is 16.0 Å². The van der Waals surface area contributed by atoms with Gasteiger partial charge >= 0.3 is 5.97 Å². The second-order valence-electron chi connectivity index (χ2n) is 6.47. The van der Waals surface area contributed by atoms with Crippen LogP contribution in [-0.2, 0) is 19.2 Å². The highest BCUT2D eigenvalue weighted by molar-refractivity contribution is 5.94. The Morgan fingerprint density at radius 1 is 0.893 bits per heavy atom. The molecule has 9 N–H and O–H groups in total. The van der Waals surface area contributed by atoms with E-state index in [-0.39, 0.29) is 0 Å². The Morgan fingerprint density at radius 3 is 1.82 bits per heavy atom. The van der Waals surface area contributed by atoms with Gasteiger partial charge in [-0.2, -0.15) is 0 Å². The largest absolute Gasteiger partial charge is 0.480 e. The Kier molecular flexibility index (Phi) is 11.2. The van der Waals surface area contributed by atoms with Crippen LogP contribution in [0.2, 0.25) is 0 Å². The summed E-state index contributed by atoms with van der Waals surface area (Å²) in [6.07, 6.45) is -0.935. The number of hydrogen-bond acceptors (Lipinski definition) is 8. The third kappa shape index (κ3) is 7.76. The molecule has 28 heavy (non-hydrogen) atoms. The van der Waals surface area contributed by atoms with Crippen LogP contribution in [0.4, 0.5) is 0 Å². The SMILES string of the molecule is CCC(C)C(NC(=O)C(CO)NC(=O)C(N)CO)C(=O)NC(C(=O)O)C(C)O. The van der Waals surface area contributed by atoms with E-state index in [4.69, 9.17) is 15.9 Å². The van der Waals surface area contributed by atoms with Crippen molar-refractivity contribution < 1.29 is 39.6 Å². The van der Waals surface area contributed by atoms with Crippen LogP contribution in [0.3, 0.4) is 0 Å². The van der Waals surface area contributed by atoms with Crippen molar-refractivity contribution >= 4 is 23.7 Å². The molecular formula is C16H30N4O8. The summed E-state index contributed by atoms with van der Waals surface area (Å²) in [7, 11) is 0. The molecule has 0 aliphatic rings. The average Bonchev–Trinajstić information content (AvgIpc) is 2.65. The summed E-state index contributed by atoms with van der Waals surface area (Å²) in [6, 6.07) is -5.49. The third-order valence-corrected chi connectivity index (χ3v) is 4.19. The highest BCUT2D eigenvalue weighted by Crippen LogP contribution is 2.09. The van der Waals surface area contributed by atoms with Crippen LogP contribution in [-0.4, -0.2) is 87.6 Å². The second-order valence-corrected chi connectivity index (χ2v) is 6.47. The number of carbonyl (C=O) groups excluding carboxylic acids is 3. The molecule has 0 saturated carbocycles. The fraction of sp³-hybridized carbons (Fsp3) is 0.750. The first-order valence-electron chi connectivity index (χ1n) is 8.79. The van der Waals surface area contributed by atoms with Crippen LogP contribution in [0.15, 0.2) is 0 Å². The topological polar surface area (TPSA) is 211 Å². The van der Waals surface area contributed by atoms with E-state index in [0.717, 1.165) is 0 Å². The van der Waals surface area contributed by atoms with Crippen molar-refractivity contribution in [2.45, 2.75) is 57.5 Å². The van der Waals surface area contributed by atoms with Crippen molar-refractivity contribution in [2.24, 2.45) is 11.7 Å². The predicted molar refractivity (Wildman–Crippen MR) is 96.7 cm³/mol. The summed E-state index contributed by atoms with van der Waals surface area (Å²) in [5.74, 6) is -4.49. The van der Waals surface area contributed by atoms with E-state index in [1.165, 1.54) is 6.92 Å². The number of aliphatic carboxylic acids is 1. The molecule has 0 aromatic carbocycles. The summed E-state index contributed by atoms with van der Waals surface area (Å²) >= 11 is 0. The molecule has 0 aromatic heterocycles. The molecule has 0 bridgehead atoms. The molecule has 162 valence electrons. The fourth-order valence-corrected chi connectivity index (χ4v) is 2.14. The number of nitrogens with two attached hydrogens (primary N) is 1. The number of nitrogens with one attached hydrogen (secondary N) is 3. The van der Waals surface area contributed by atoms with Gasteiger partial charge in [0.25, 0.3) is 0 Å². The number of rotatable bonds is 12. The lowest BCUT2D eigenvalue weighted by Crippen LogP contribution is -2.60. The van der Waals surface area contributed by atoms with Crippen LogP contribution in [0.25, 0.3) is 0 Å². The Bertz CT molecular complexity index is 557. The van der Waals surface area contributed by atoms with Gasteiger partial charge in [0.05, 0.1) is 19.3 Å². The molecule has 12 nitrogen and oxygen atoms in total. The van der Waals surface area contributed by atoms with Gasteiger partial charge in [-0.15, -0.1) is 0 Å². The van der Waals surface area contributed by atoms with Crippen molar-refractivity contribution in [2.75, 3.05) is 13.2 Å². The number of hydrogen-bond donors (Lipinski definition) is 8. The van der Waals surface area contributed by atoms with E-state index in [1.54, 1.807) is 13.8 Å². The van der Waals surface area contributed by atoms with Gasteiger partial charge in [-0.3, -0.25) is 14.4 Å². The molecule has 0 radical (unpaired) electrons. The molecule has 0 rings (SSSR count). The number of aliphatic hydroxyl groups excluding tert-OH is 3. The predicted octanol–water partition coefficient (Wildman–Crippen LogP) is -3.74. The normalized spacial score (nSPS) is 17.4. The molecule has 0 aliphatic heterocycles. The molecule has 0 aliphatic carbocycles. The smallest absolute Gasteiger partial charge is 0.328 e. The molecule has 0 fully saturated rings. The van der Waals surface area contributed by atoms with Crippen LogP contribution in [0.1, 0.15) is 27.2 Å². The van der Waals surface area contributed by atoms with Crippen molar-refractivity contribution in [3.63, 3.8) is 0 Å². The van der Waals surface area contributed by atoms with E-state index in [1.807, 2.05) is 0 Å². The van der Waals surface area contributed by atoms with Gasteiger partial charge < -0.3 is 42.1 Å². The highest BCUT2D eigenvalue weighted by Gasteiger charge is 2.33. The monoisotopic (exact) mass is 406 g/mol. The quantitative estimate of drug-likeness (QED) is 0.160. The molecule has 0 spiro atoms. The van der Waals surface area contributed by atoms with Crippen molar-refractivity contribution in [3.8, 4) is 0 Å². The highest BCUT2D eigenvalue weighted by atomic mass is 16.4. The summed E-state index contributed by atoms with van der Waals surface area (Å²) in [5, 5.41) is 43.4. The zero-order valence-corrected chi connectivity index (χ0v) is 16.1. The average molecular weight is 406 g/mol. The minimum absolute atomic E-state index is 0.429. The zero-order chi connectivity index (χ0) is 22.0. The van der Waals surface area contributed by atoms with Gasteiger partial charge in [0.1, 0.15) is 18.1 Å². The first-order valence-corrected chi connectivity index (χ1v) is 8.79. The molecule has 12 heteroatoms. The fourth-order valence-electron chi connectivity index (χ4n) is 2.14. The van der Waals surface area contributed by atoms with Gasteiger partial charge in [0, 0.05) is 0 Å². The molecule has 0 heterocycles. The molecule has 6 atom stereocenters. The summed E-state index contributed by atoms with van der Waals surface area (Å²) < 4.78 is 0. The van der Waals surface area contributed by atoms with E-state index >= 15 is 0 Å². The lowest BCUT2D eigenvalue weighted by atomic mass is 9.97. The Morgan fingerprint density at radius 2 is 1.43 bits per heavy atom. The Hall–Kier alpha value is -2.28. The third-order valence-electron chi connectivity index (χ3n) is 4.19. The number of aliphatic hydroxyl groups is 3. The number of carboxylic acids is 1. The molecule has 3 amide bonds.